The Morgan fingerprint density at radius 2 is 2.04 bits per heavy atom. The Hall–Kier alpha value is -2.42. The number of amidine groups is 1. The highest BCUT2D eigenvalue weighted by atomic mass is 16.5. The first-order valence-electron chi connectivity index (χ1n) is 9.28. The number of anilines is 1. The Kier molecular flexibility index (Phi) is 4.41. The fourth-order valence-electron chi connectivity index (χ4n) is 4.09. The van der Waals surface area contributed by atoms with Crippen LogP contribution >= 0.6 is 0 Å². The number of fused-ring (bicyclic) bond motifs is 1. The van der Waals surface area contributed by atoms with E-state index in [-0.39, 0.29) is 12.2 Å². The fraction of sp³-hybridized carbons (Fsp3) is 0.474. The summed E-state index contributed by atoms with van der Waals surface area (Å²) in [7, 11) is 0. The number of nitrogens with two attached hydrogens (primary N) is 2. The number of aliphatic imine (C=N–C) groups is 1. The van der Waals surface area contributed by atoms with Crippen molar-refractivity contribution < 1.29 is 4.74 Å². The van der Waals surface area contributed by atoms with Crippen LogP contribution in [0.25, 0.3) is 0 Å². The van der Waals surface area contributed by atoms with Crippen LogP contribution in [0.1, 0.15) is 36.2 Å². The molecule has 1 aromatic heterocycles. The third-order valence-electron chi connectivity index (χ3n) is 5.10. The summed E-state index contributed by atoms with van der Waals surface area (Å²) >= 11 is 0. The van der Waals surface area contributed by atoms with Crippen LogP contribution in [0.3, 0.4) is 0 Å². The van der Waals surface area contributed by atoms with Gasteiger partial charge in [-0.25, -0.2) is 9.98 Å². The molecule has 8 nitrogen and oxygen atoms in total. The maximum atomic E-state index is 6.56. The molecule has 8 heteroatoms. The van der Waals surface area contributed by atoms with Gasteiger partial charge in [0.1, 0.15) is 5.69 Å². The van der Waals surface area contributed by atoms with Gasteiger partial charge in [0.25, 0.3) is 0 Å². The van der Waals surface area contributed by atoms with E-state index in [0.29, 0.717) is 17.3 Å². The molecule has 0 bridgehead atoms. The second-order valence-corrected chi connectivity index (χ2v) is 7.62. The van der Waals surface area contributed by atoms with Gasteiger partial charge in [0.05, 0.1) is 18.5 Å². The third kappa shape index (κ3) is 3.43. The number of rotatable bonds is 3. The van der Waals surface area contributed by atoms with Crippen LogP contribution in [0.2, 0.25) is 0 Å². The van der Waals surface area contributed by atoms with Crippen molar-refractivity contribution in [2.45, 2.75) is 45.3 Å². The van der Waals surface area contributed by atoms with Crippen molar-refractivity contribution in [3.8, 4) is 0 Å². The molecule has 0 spiro atoms. The van der Waals surface area contributed by atoms with Gasteiger partial charge in [-0.15, -0.1) is 0 Å². The van der Waals surface area contributed by atoms with Crippen molar-refractivity contribution >= 4 is 11.7 Å². The number of benzene rings is 1. The third-order valence-corrected chi connectivity index (χ3v) is 5.10. The van der Waals surface area contributed by atoms with Gasteiger partial charge in [0.2, 0.25) is 5.79 Å². The number of imidazole rings is 1. The molecular weight excluding hydrogens is 342 g/mol. The largest absolute Gasteiger partial charge is 0.382 e. The summed E-state index contributed by atoms with van der Waals surface area (Å²) in [6.45, 7) is 9.06. The zero-order chi connectivity index (χ0) is 19.2. The summed E-state index contributed by atoms with van der Waals surface area (Å²) in [6, 6.07) is 6.30. The lowest BCUT2D eigenvalue weighted by atomic mass is 9.98. The van der Waals surface area contributed by atoms with Crippen molar-refractivity contribution in [1.29, 1.82) is 0 Å². The van der Waals surface area contributed by atoms with E-state index in [1.807, 2.05) is 13.0 Å². The first-order valence-corrected chi connectivity index (χ1v) is 9.28. The number of aromatic nitrogens is 2. The molecule has 0 saturated carbocycles. The van der Waals surface area contributed by atoms with E-state index in [2.05, 4.69) is 51.2 Å². The Labute approximate surface area is 159 Å². The van der Waals surface area contributed by atoms with Gasteiger partial charge in [0.15, 0.2) is 11.7 Å². The minimum absolute atomic E-state index is 0.258. The van der Waals surface area contributed by atoms with Crippen LogP contribution in [0.15, 0.2) is 29.5 Å². The van der Waals surface area contributed by atoms with Crippen LogP contribution in [0, 0.1) is 6.92 Å². The maximum absolute atomic E-state index is 6.56. The van der Waals surface area contributed by atoms with E-state index in [1.165, 1.54) is 5.56 Å². The van der Waals surface area contributed by atoms with E-state index in [0.717, 1.165) is 30.8 Å². The van der Waals surface area contributed by atoms with Gasteiger partial charge in [-0.1, -0.05) is 18.2 Å². The average Bonchev–Trinajstić information content (AvgIpc) is 3.02. The number of aryl methyl sites for hydroxylation is 1. The maximum Gasteiger partial charge on any atom is 0.212 e. The first-order chi connectivity index (χ1) is 12.8. The Balaban J connectivity index is 1.56. The van der Waals surface area contributed by atoms with Crippen LogP contribution in [-0.2, 0) is 17.1 Å². The molecule has 1 aromatic carbocycles. The number of nitrogens with one attached hydrogen (secondary N) is 2. The highest BCUT2D eigenvalue weighted by molar-refractivity contribution is 6.01. The predicted octanol–water partition coefficient (Wildman–Crippen LogP) is 1.23. The second kappa shape index (κ2) is 6.63. The van der Waals surface area contributed by atoms with Gasteiger partial charge in [-0.2, -0.15) is 0 Å². The molecule has 3 atom stereocenters. The predicted molar refractivity (Wildman–Crippen MR) is 105 cm³/mol. The average molecular weight is 369 g/mol. The normalized spacial score (nSPS) is 28.4. The highest BCUT2D eigenvalue weighted by Gasteiger charge is 2.35. The summed E-state index contributed by atoms with van der Waals surface area (Å²) in [5.74, 6) is -0.162. The topological polar surface area (TPSA) is 118 Å². The summed E-state index contributed by atoms with van der Waals surface area (Å²) < 4.78 is 5.82. The highest BCUT2D eigenvalue weighted by Crippen LogP contribution is 2.31. The Bertz CT molecular complexity index is 867. The minimum atomic E-state index is -1.13. The van der Waals surface area contributed by atoms with Gasteiger partial charge >= 0.3 is 0 Å². The van der Waals surface area contributed by atoms with Crippen molar-refractivity contribution in [2.24, 2.45) is 16.5 Å². The van der Waals surface area contributed by atoms with Crippen LogP contribution in [0.4, 0.5) is 5.82 Å². The SMILES string of the molecule is Cc1cc(CN2CC(C)OC(C)C2)ccc1C1(N)N=C(N)c2[nH]cnc2N1. The molecule has 3 unspecified atom stereocenters. The molecule has 144 valence electrons. The minimum Gasteiger partial charge on any atom is -0.382 e. The summed E-state index contributed by atoms with van der Waals surface area (Å²) in [6.07, 6.45) is 2.09. The quantitative estimate of drug-likeness (QED) is 0.646. The lowest BCUT2D eigenvalue weighted by molar-refractivity contribution is -0.0704. The fourth-order valence-corrected chi connectivity index (χ4v) is 4.09. The number of hydrogen-bond donors (Lipinski definition) is 4. The molecule has 0 amide bonds. The monoisotopic (exact) mass is 369 g/mol. The summed E-state index contributed by atoms with van der Waals surface area (Å²) in [5.41, 5.74) is 16.5. The van der Waals surface area contributed by atoms with Crippen LogP contribution < -0.4 is 16.8 Å². The summed E-state index contributed by atoms with van der Waals surface area (Å²) in [5, 5.41) is 3.19. The molecule has 4 rings (SSSR count). The molecule has 1 saturated heterocycles. The molecule has 6 N–H and O–H groups in total. The number of ether oxygens (including phenoxy) is 1. The van der Waals surface area contributed by atoms with Crippen LogP contribution in [0.5, 0.6) is 0 Å². The molecule has 27 heavy (non-hydrogen) atoms. The van der Waals surface area contributed by atoms with Crippen molar-refractivity contribution in [3.05, 3.63) is 46.9 Å². The molecular formula is C19H27N7O. The van der Waals surface area contributed by atoms with Crippen LogP contribution in [-0.4, -0.2) is 46.0 Å². The molecule has 2 aliphatic rings. The summed E-state index contributed by atoms with van der Waals surface area (Å²) in [4.78, 5) is 14.1. The molecule has 0 radical (unpaired) electrons. The van der Waals surface area contributed by atoms with Gasteiger partial charge < -0.3 is 20.8 Å². The number of morpholine rings is 1. The van der Waals surface area contributed by atoms with Crippen molar-refractivity contribution in [2.75, 3.05) is 18.4 Å². The van der Waals surface area contributed by atoms with Gasteiger partial charge in [-0.05, 0) is 31.9 Å². The van der Waals surface area contributed by atoms with E-state index in [9.17, 15) is 0 Å². The van der Waals surface area contributed by atoms with Gasteiger partial charge in [0, 0.05) is 25.2 Å². The number of H-pyrrole nitrogens is 1. The van der Waals surface area contributed by atoms with E-state index < -0.39 is 5.79 Å². The van der Waals surface area contributed by atoms with Crippen molar-refractivity contribution in [1.82, 2.24) is 14.9 Å². The Morgan fingerprint density at radius 1 is 1.30 bits per heavy atom. The molecule has 1 fully saturated rings. The number of nitrogens with zero attached hydrogens (tertiary/aromatic N) is 3. The molecule has 0 aliphatic carbocycles. The van der Waals surface area contributed by atoms with Crippen molar-refractivity contribution in [3.63, 3.8) is 0 Å². The lowest BCUT2D eigenvalue weighted by Crippen LogP contribution is -2.48. The second-order valence-electron chi connectivity index (χ2n) is 7.62. The van der Waals surface area contributed by atoms with E-state index >= 15 is 0 Å². The molecule has 2 aromatic rings. The molecule has 2 aliphatic heterocycles. The lowest BCUT2D eigenvalue weighted by Gasteiger charge is -2.35. The van der Waals surface area contributed by atoms with Gasteiger partial charge in [-0.3, -0.25) is 10.6 Å². The molecule has 3 heterocycles. The first kappa shape index (κ1) is 18.0. The smallest absolute Gasteiger partial charge is 0.212 e. The number of aromatic amines is 1. The zero-order valence-corrected chi connectivity index (χ0v) is 16.0. The zero-order valence-electron chi connectivity index (χ0n) is 16.0. The standard InChI is InChI=1S/C19H27N7O/c1-11-6-14(9-26-7-12(2)27-13(3)8-26)4-5-15(11)19(21)24-17(20)16-18(25-19)23-10-22-16/h4-6,10,12-13,25H,7-9,21H2,1-3H3,(H2,20,24)(H,22,23). The van der Waals surface area contributed by atoms with E-state index in [1.54, 1.807) is 6.33 Å². The van der Waals surface area contributed by atoms with E-state index in [4.69, 9.17) is 16.2 Å². The number of hydrogen-bond acceptors (Lipinski definition) is 7. The Morgan fingerprint density at radius 3 is 2.74 bits per heavy atom.